The Labute approximate surface area is 81.6 Å². The second-order valence-corrected chi connectivity index (χ2v) is 3.42. The van der Waals surface area contributed by atoms with Gasteiger partial charge in [0.1, 0.15) is 12.2 Å². The van der Waals surface area contributed by atoms with Crippen LogP contribution in [0.3, 0.4) is 0 Å². The first kappa shape index (κ1) is 11.2. The molecule has 0 unspecified atom stereocenters. The lowest BCUT2D eigenvalue weighted by atomic mass is 10.0. The van der Waals surface area contributed by atoms with E-state index in [1.54, 1.807) is 0 Å². The summed E-state index contributed by atoms with van der Waals surface area (Å²) in [7, 11) is 0. The summed E-state index contributed by atoms with van der Waals surface area (Å²) in [6.45, 7) is 2.85. The lowest BCUT2D eigenvalue weighted by Gasteiger charge is -2.12. The van der Waals surface area contributed by atoms with Crippen molar-refractivity contribution in [3.8, 4) is 0 Å². The van der Waals surface area contributed by atoms with Crippen molar-refractivity contribution in [3.05, 3.63) is 11.6 Å². The monoisotopic (exact) mass is 202 g/mol. The van der Waals surface area contributed by atoms with E-state index in [4.69, 9.17) is 14.9 Å². The Morgan fingerprint density at radius 3 is 2.29 bits per heavy atom. The van der Waals surface area contributed by atoms with Gasteiger partial charge >= 0.3 is 5.97 Å². The van der Waals surface area contributed by atoms with Gasteiger partial charge in [0.15, 0.2) is 0 Å². The van der Waals surface area contributed by atoms with Crippen LogP contribution in [-0.2, 0) is 9.53 Å². The van der Waals surface area contributed by atoms with E-state index in [0.717, 1.165) is 0 Å². The van der Waals surface area contributed by atoms with Crippen LogP contribution in [0.4, 0.5) is 0 Å². The first-order chi connectivity index (χ1) is 6.43. The first-order valence-electron chi connectivity index (χ1n) is 4.40. The molecule has 1 aliphatic rings. The molecule has 1 heterocycles. The maximum absolute atomic E-state index is 11.2. The summed E-state index contributed by atoms with van der Waals surface area (Å²) in [6, 6.07) is 0. The Balaban J connectivity index is 2.78. The summed E-state index contributed by atoms with van der Waals surface area (Å²) in [5.41, 5.74) is 0.00546. The minimum atomic E-state index is -1.26. The number of hydrogen-bond acceptors (Lipinski definition) is 5. The van der Waals surface area contributed by atoms with Gasteiger partial charge in [-0.3, -0.25) is 0 Å². The highest BCUT2D eigenvalue weighted by atomic mass is 16.6. The molecule has 0 radical (unpaired) electrons. The van der Waals surface area contributed by atoms with Crippen LogP contribution in [0.2, 0.25) is 0 Å². The Kier molecular flexibility index (Phi) is 3.25. The Morgan fingerprint density at radius 2 is 1.93 bits per heavy atom. The highest BCUT2D eigenvalue weighted by molar-refractivity contribution is 5.92. The van der Waals surface area contributed by atoms with Gasteiger partial charge in [0.05, 0.1) is 17.8 Å². The van der Waals surface area contributed by atoms with Gasteiger partial charge in [-0.2, -0.15) is 0 Å². The van der Waals surface area contributed by atoms with E-state index < -0.39 is 30.4 Å². The fourth-order valence-electron chi connectivity index (χ4n) is 1.19. The van der Waals surface area contributed by atoms with Crippen molar-refractivity contribution in [2.75, 3.05) is 0 Å². The van der Waals surface area contributed by atoms with Crippen LogP contribution in [0.5, 0.6) is 0 Å². The molecule has 0 saturated carbocycles. The highest BCUT2D eigenvalue weighted by Crippen LogP contribution is 2.20. The third-order valence-electron chi connectivity index (χ3n) is 2.07. The molecule has 5 nitrogen and oxygen atoms in total. The molecule has 0 bridgehead atoms. The van der Waals surface area contributed by atoms with Crippen LogP contribution >= 0.6 is 0 Å². The van der Waals surface area contributed by atoms with E-state index in [-0.39, 0.29) is 5.57 Å². The predicted molar refractivity (Wildman–Crippen MR) is 47.3 cm³/mol. The number of carbonyl (C=O) groups is 1. The standard InChI is InChI=1S/C9H14O5/c1-4(10)7-3-6(9(13)14-7)8(12)5(2)11/h3-5,7-8,10-12H,1-2H3/t4-,5+,7-,8+/m0/s1. The lowest BCUT2D eigenvalue weighted by molar-refractivity contribution is -0.144. The number of cyclic esters (lactones) is 1. The Hall–Kier alpha value is -0.910. The minimum absolute atomic E-state index is 0.00546. The third kappa shape index (κ3) is 2.12. The summed E-state index contributed by atoms with van der Waals surface area (Å²) >= 11 is 0. The zero-order valence-corrected chi connectivity index (χ0v) is 8.04. The van der Waals surface area contributed by atoms with Gasteiger partial charge in [-0.05, 0) is 19.9 Å². The number of carbonyl (C=O) groups excluding carboxylic acids is 1. The fraction of sp³-hybridized carbons (Fsp3) is 0.667. The van der Waals surface area contributed by atoms with Gasteiger partial charge in [0, 0.05) is 0 Å². The van der Waals surface area contributed by atoms with Crippen molar-refractivity contribution in [1.29, 1.82) is 0 Å². The summed E-state index contributed by atoms with van der Waals surface area (Å²) in [5.74, 6) is -0.690. The number of rotatable bonds is 3. The van der Waals surface area contributed by atoms with Crippen LogP contribution in [0.15, 0.2) is 11.6 Å². The van der Waals surface area contributed by atoms with Gasteiger partial charge in [0.2, 0.25) is 0 Å². The summed E-state index contributed by atoms with van der Waals surface area (Å²) in [5, 5.41) is 27.6. The van der Waals surface area contributed by atoms with Crippen LogP contribution < -0.4 is 0 Å². The normalized spacial score (nSPS) is 27.9. The molecule has 0 fully saturated rings. The fourth-order valence-corrected chi connectivity index (χ4v) is 1.19. The van der Waals surface area contributed by atoms with E-state index in [1.807, 2.05) is 0 Å². The predicted octanol–water partition coefficient (Wildman–Crippen LogP) is -1.04. The zero-order chi connectivity index (χ0) is 10.9. The van der Waals surface area contributed by atoms with Crippen LogP contribution in [0.1, 0.15) is 13.8 Å². The van der Waals surface area contributed by atoms with Crippen LogP contribution in [0.25, 0.3) is 0 Å². The molecule has 0 aromatic rings. The lowest BCUT2D eigenvalue weighted by Crippen LogP contribution is -2.27. The molecular weight excluding hydrogens is 188 g/mol. The van der Waals surface area contributed by atoms with Crippen molar-refractivity contribution >= 4 is 5.97 Å². The van der Waals surface area contributed by atoms with E-state index in [9.17, 15) is 9.90 Å². The maximum Gasteiger partial charge on any atom is 0.337 e. The number of ether oxygens (including phenoxy) is 1. The van der Waals surface area contributed by atoms with Crippen LogP contribution in [-0.4, -0.2) is 45.7 Å². The van der Waals surface area contributed by atoms with E-state index in [2.05, 4.69) is 0 Å². The van der Waals surface area contributed by atoms with Crippen molar-refractivity contribution in [1.82, 2.24) is 0 Å². The minimum Gasteiger partial charge on any atom is -0.452 e. The molecule has 0 aromatic carbocycles. The first-order valence-corrected chi connectivity index (χ1v) is 4.40. The molecule has 4 atom stereocenters. The summed E-state index contributed by atoms with van der Waals surface area (Å²) in [4.78, 5) is 11.2. The molecule has 1 rings (SSSR count). The molecule has 0 aromatic heterocycles. The smallest absolute Gasteiger partial charge is 0.337 e. The summed E-state index contributed by atoms with van der Waals surface area (Å²) < 4.78 is 4.75. The van der Waals surface area contributed by atoms with E-state index >= 15 is 0 Å². The van der Waals surface area contributed by atoms with Crippen molar-refractivity contribution in [2.24, 2.45) is 0 Å². The van der Waals surface area contributed by atoms with Gasteiger partial charge in [-0.15, -0.1) is 0 Å². The highest BCUT2D eigenvalue weighted by Gasteiger charge is 2.34. The molecule has 0 saturated heterocycles. The second kappa shape index (κ2) is 4.08. The van der Waals surface area contributed by atoms with Gasteiger partial charge in [-0.1, -0.05) is 0 Å². The molecule has 0 amide bonds. The quantitative estimate of drug-likeness (QED) is 0.509. The number of aliphatic hydroxyl groups excluding tert-OH is 3. The molecule has 0 spiro atoms. The molecule has 14 heavy (non-hydrogen) atoms. The molecule has 3 N–H and O–H groups in total. The average molecular weight is 202 g/mol. The Morgan fingerprint density at radius 1 is 1.36 bits per heavy atom. The van der Waals surface area contributed by atoms with Crippen molar-refractivity contribution in [2.45, 2.75) is 38.3 Å². The van der Waals surface area contributed by atoms with Crippen molar-refractivity contribution < 1.29 is 24.9 Å². The molecule has 0 aliphatic carbocycles. The van der Waals surface area contributed by atoms with Crippen LogP contribution in [0, 0.1) is 0 Å². The van der Waals surface area contributed by atoms with Gasteiger partial charge in [0.25, 0.3) is 0 Å². The average Bonchev–Trinajstić information content (AvgIpc) is 2.46. The second-order valence-electron chi connectivity index (χ2n) is 3.42. The van der Waals surface area contributed by atoms with E-state index in [0.29, 0.717) is 0 Å². The zero-order valence-electron chi connectivity index (χ0n) is 8.04. The van der Waals surface area contributed by atoms with Crippen molar-refractivity contribution in [3.63, 3.8) is 0 Å². The van der Waals surface area contributed by atoms with Gasteiger partial charge in [-0.25, -0.2) is 4.79 Å². The number of esters is 1. The Bertz CT molecular complexity index is 256. The summed E-state index contributed by atoms with van der Waals surface area (Å²) in [6.07, 6.45) is -2.51. The largest absolute Gasteiger partial charge is 0.452 e. The third-order valence-corrected chi connectivity index (χ3v) is 2.07. The number of hydrogen-bond donors (Lipinski definition) is 3. The van der Waals surface area contributed by atoms with E-state index in [1.165, 1.54) is 19.9 Å². The molecule has 5 heteroatoms. The number of aliphatic hydroxyl groups is 3. The topological polar surface area (TPSA) is 87.0 Å². The SMILES string of the molecule is C[C@H](O)[C@@H]1C=C([C@H](O)[C@@H](C)O)C(=O)O1. The molecule has 80 valence electrons. The molecular formula is C9H14O5. The maximum atomic E-state index is 11.2. The molecule has 1 aliphatic heterocycles. The van der Waals surface area contributed by atoms with Gasteiger partial charge < -0.3 is 20.1 Å².